The molecule has 0 aliphatic rings. The second kappa shape index (κ2) is 6.71. The molecule has 1 aromatic carbocycles. The van der Waals surface area contributed by atoms with Crippen LogP contribution in [0.25, 0.3) is 5.69 Å². The average molecular weight is 309 g/mol. The molecule has 5 nitrogen and oxygen atoms in total. The third-order valence-electron chi connectivity index (χ3n) is 2.91. The molecular weight excluding hydrogens is 293 g/mol. The number of carbonyl (C=O) groups is 1. The summed E-state index contributed by atoms with van der Waals surface area (Å²) in [7, 11) is 0. The first-order valence-electron chi connectivity index (χ1n) is 6.59. The molecule has 1 N–H and O–H groups in total. The van der Waals surface area contributed by atoms with Gasteiger partial charge in [-0.25, -0.2) is 4.39 Å². The van der Waals surface area contributed by atoms with Crippen LogP contribution in [0.5, 0.6) is 0 Å². The average Bonchev–Trinajstić information content (AvgIpc) is 2.80. The number of thioether (sulfide) groups is 1. The van der Waals surface area contributed by atoms with E-state index in [0.29, 0.717) is 23.1 Å². The van der Waals surface area contributed by atoms with Crippen LogP contribution in [-0.4, -0.2) is 31.6 Å². The Morgan fingerprint density at radius 1 is 1.43 bits per heavy atom. The highest BCUT2D eigenvalue weighted by Crippen LogP contribution is 2.26. The molecule has 0 aliphatic heterocycles. The number of rotatable bonds is 6. The van der Waals surface area contributed by atoms with Crippen LogP contribution in [0.1, 0.15) is 24.7 Å². The van der Waals surface area contributed by atoms with Crippen LogP contribution in [0.2, 0.25) is 0 Å². The van der Waals surface area contributed by atoms with Gasteiger partial charge >= 0.3 is 5.97 Å². The molecular formula is C14H16FN3O2S. The molecule has 0 amide bonds. The van der Waals surface area contributed by atoms with Crippen LogP contribution in [0.4, 0.5) is 4.39 Å². The molecule has 1 aromatic heterocycles. The van der Waals surface area contributed by atoms with Crippen molar-refractivity contribution in [3.8, 4) is 5.69 Å². The number of halogens is 1. The van der Waals surface area contributed by atoms with Crippen molar-refractivity contribution in [2.45, 2.75) is 31.8 Å². The third-order valence-corrected chi connectivity index (χ3v) is 3.82. The second-order valence-corrected chi connectivity index (χ2v) is 5.51. The van der Waals surface area contributed by atoms with Crippen molar-refractivity contribution < 1.29 is 14.3 Å². The van der Waals surface area contributed by atoms with E-state index in [-0.39, 0.29) is 11.6 Å². The Morgan fingerprint density at radius 3 is 2.81 bits per heavy atom. The van der Waals surface area contributed by atoms with Gasteiger partial charge in [-0.1, -0.05) is 30.8 Å². The molecule has 1 heterocycles. The highest BCUT2D eigenvalue weighted by atomic mass is 32.2. The Labute approximate surface area is 126 Å². The Hall–Kier alpha value is -1.89. The molecule has 0 bridgehead atoms. The van der Waals surface area contributed by atoms with E-state index in [0.717, 1.165) is 23.7 Å². The number of benzene rings is 1. The van der Waals surface area contributed by atoms with Gasteiger partial charge in [0.25, 0.3) is 0 Å². The van der Waals surface area contributed by atoms with Crippen LogP contribution < -0.4 is 0 Å². The number of nitrogens with zero attached hydrogens (tertiary/aromatic N) is 3. The van der Waals surface area contributed by atoms with Crippen molar-refractivity contribution in [2.24, 2.45) is 0 Å². The molecule has 0 unspecified atom stereocenters. The molecule has 2 aromatic rings. The number of aryl methyl sites for hydroxylation is 2. The first-order valence-corrected chi connectivity index (χ1v) is 7.57. The van der Waals surface area contributed by atoms with Gasteiger partial charge in [-0.05, 0) is 25.0 Å². The second-order valence-electron chi connectivity index (χ2n) is 4.57. The van der Waals surface area contributed by atoms with Gasteiger partial charge in [0.1, 0.15) is 11.6 Å². The minimum Gasteiger partial charge on any atom is -0.481 e. The zero-order valence-corrected chi connectivity index (χ0v) is 12.7. The summed E-state index contributed by atoms with van der Waals surface area (Å²) in [5, 5.41) is 17.3. The number of carboxylic acid groups (broad SMARTS) is 1. The minimum absolute atomic E-state index is 0.141. The van der Waals surface area contributed by atoms with Crippen molar-refractivity contribution >= 4 is 17.7 Å². The van der Waals surface area contributed by atoms with E-state index in [1.54, 1.807) is 23.6 Å². The van der Waals surface area contributed by atoms with Gasteiger partial charge in [-0.2, -0.15) is 0 Å². The smallest absolute Gasteiger partial charge is 0.313 e. The molecule has 0 fully saturated rings. The lowest BCUT2D eigenvalue weighted by Crippen LogP contribution is -2.08. The molecule has 0 saturated carbocycles. The van der Waals surface area contributed by atoms with Crippen LogP contribution >= 0.6 is 11.8 Å². The van der Waals surface area contributed by atoms with Gasteiger partial charge in [0, 0.05) is 6.42 Å². The summed E-state index contributed by atoms with van der Waals surface area (Å²) >= 11 is 1.04. The Morgan fingerprint density at radius 2 is 2.19 bits per heavy atom. The third kappa shape index (κ3) is 3.41. The minimum atomic E-state index is -0.947. The maximum absolute atomic E-state index is 14.2. The molecule has 0 spiro atoms. The maximum atomic E-state index is 14.2. The first-order chi connectivity index (χ1) is 10.0. The van der Waals surface area contributed by atoms with Crippen molar-refractivity contribution in [1.82, 2.24) is 14.8 Å². The van der Waals surface area contributed by atoms with Gasteiger partial charge in [0.05, 0.1) is 11.4 Å². The highest BCUT2D eigenvalue weighted by molar-refractivity contribution is 7.99. The summed E-state index contributed by atoms with van der Waals surface area (Å²) < 4.78 is 15.8. The summed E-state index contributed by atoms with van der Waals surface area (Å²) in [6.45, 7) is 3.80. The van der Waals surface area contributed by atoms with Crippen molar-refractivity contribution in [3.63, 3.8) is 0 Å². The molecule has 0 radical (unpaired) electrons. The lowest BCUT2D eigenvalue weighted by Gasteiger charge is -2.13. The molecule has 2 rings (SSSR count). The van der Waals surface area contributed by atoms with E-state index < -0.39 is 5.97 Å². The van der Waals surface area contributed by atoms with E-state index in [2.05, 4.69) is 10.2 Å². The molecule has 7 heteroatoms. The first kappa shape index (κ1) is 15.5. The van der Waals surface area contributed by atoms with Crippen molar-refractivity contribution in [3.05, 3.63) is 35.4 Å². The summed E-state index contributed by atoms with van der Waals surface area (Å²) in [5.41, 5.74) is 1.14. The van der Waals surface area contributed by atoms with E-state index >= 15 is 0 Å². The van der Waals surface area contributed by atoms with Crippen LogP contribution in [0.15, 0.2) is 23.4 Å². The topological polar surface area (TPSA) is 68.0 Å². The predicted molar refractivity (Wildman–Crippen MR) is 78.4 cm³/mol. The zero-order chi connectivity index (χ0) is 15.4. The lowest BCUT2D eigenvalue weighted by molar-refractivity contribution is -0.133. The van der Waals surface area contributed by atoms with Gasteiger partial charge < -0.3 is 5.11 Å². The van der Waals surface area contributed by atoms with E-state index in [1.165, 1.54) is 6.07 Å². The van der Waals surface area contributed by atoms with E-state index in [4.69, 9.17) is 5.11 Å². The molecule has 0 atom stereocenters. The predicted octanol–water partition coefficient (Wildman–Crippen LogP) is 2.84. The monoisotopic (exact) mass is 309 g/mol. The van der Waals surface area contributed by atoms with Gasteiger partial charge in [-0.15, -0.1) is 10.2 Å². The molecule has 0 aliphatic carbocycles. The SMILES string of the molecule is CCCc1nnc(SCC(=O)O)n1-c1c(C)cccc1F. The quantitative estimate of drug-likeness (QED) is 0.831. The van der Waals surface area contributed by atoms with Crippen LogP contribution in [-0.2, 0) is 11.2 Å². The number of hydrogen-bond donors (Lipinski definition) is 1. The van der Waals surface area contributed by atoms with E-state index in [1.807, 2.05) is 6.92 Å². The standard InChI is InChI=1S/C14H16FN3O2S/c1-3-5-11-16-17-14(21-8-12(19)20)18(11)13-9(2)6-4-7-10(13)15/h4,6-7H,3,5,8H2,1-2H3,(H,19,20). The number of aromatic nitrogens is 3. The summed E-state index contributed by atoms with van der Waals surface area (Å²) in [4.78, 5) is 10.7. The fourth-order valence-electron chi connectivity index (χ4n) is 2.04. The maximum Gasteiger partial charge on any atom is 0.313 e. The summed E-state index contributed by atoms with van der Waals surface area (Å²) in [6, 6.07) is 4.82. The fourth-order valence-corrected chi connectivity index (χ4v) is 2.71. The van der Waals surface area contributed by atoms with Gasteiger partial charge in [0.15, 0.2) is 5.16 Å². The largest absolute Gasteiger partial charge is 0.481 e. The molecule has 0 saturated heterocycles. The van der Waals surface area contributed by atoms with Crippen molar-refractivity contribution in [1.29, 1.82) is 0 Å². The van der Waals surface area contributed by atoms with Gasteiger partial charge in [-0.3, -0.25) is 9.36 Å². The highest BCUT2D eigenvalue weighted by Gasteiger charge is 2.19. The lowest BCUT2D eigenvalue weighted by atomic mass is 10.2. The zero-order valence-electron chi connectivity index (χ0n) is 11.8. The molecule has 21 heavy (non-hydrogen) atoms. The Bertz CT molecular complexity index is 637. The fraction of sp³-hybridized carbons (Fsp3) is 0.357. The Kier molecular flexibility index (Phi) is 4.95. The normalized spacial score (nSPS) is 10.8. The summed E-state index contributed by atoms with van der Waals surface area (Å²) in [5.74, 6) is -0.822. The van der Waals surface area contributed by atoms with E-state index in [9.17, 15) is 9.18 Å². The van der Waals surface area contributed by atoms with Gasteiger partial charge in [0.2, 0.25) is 0 Å². The Balaban J connectivity index is 2.53. The number of para-hydroxylation sites is 1. The van der Waals surface area contributed by atoms with Crippen LogP contribution in [0.3, 0.4) is 0 Å². The number of hydrogen-bond acceptors (Lipinski definition) is 4. The molecule has 112 valence electrons. The van der Waals surface area contributed by atoms with Crippen LogP contribution in [0, 0.1) is 12.7 Å². The van der Waals surface area contributed by atoms with Crippen molar-refractivity contribution in [2.75, 3.05) is 5.75 Å². The summed E-state index contributed by atoms with van der Waals surface area (Å²) in [6.07, 6.45) is 1.49. The number of carboxylic acids is 1. The number of aliphatic carboxylic acids is 1.